The second-order valence-corrected chi connectivity index (χ2v) is 6.58. The van der Waals surface area contributed by atoms with E-state index in [1.807, 2.05) is 36.4 Å². The molecular weight excluding hydrogens is 353 g/mol. The molecule has 0 aliphatic rings. The zero-order valence-corrected chi connectivity index (χ0v) is 14.4. The summed E-state index contributed by atoms with van der Waals surface area (Å²) < 4.78 is 13.8. The van der Waals surface area contributed by atoms with Crippen molar-refractivity contribution in [3.05, 3.63) is 68.9 Å². The fraction of sp³-hybridized carbons (Fsp3) is 0.294. The van der Waals surface area contributed by atoms with Crippen molar-refractivity contribution >= 4 is 27.5 Å². The Kier molecular flexibility index (Phi) is 5.80. The van der Waals surface area contributed by atoms with Crippen LogP contribution in [0.15, 0.2) is 46.9 Å². The first-order valence-corrected chi connectivity index (χ1v) is 8.08. The largest absolute Gasteiger partial charge is 0.307 e. The molecule has 0 radical (unpaired) electrons. The molecule has 1 nitrogen and oxygen atoms in total. The van der Waals surface area contributed by atoms with Gasteiger partial charge in [0.15, 0.2) is 0 Å². The van der Waals surface area contributed by atoms with Crippen molar-refractivity contribution < 1.29 is 4.39 Å². The van der Waals surface area contributed by atoms with Crippen LogP contribution in [0.1, 0.15) is 31.0 Å². The lowest BCUT2D eigenvalue weighted by Gasteiger charge is -2.21. The monoisotopic (exact) mass is 369 g/mol. The molecule has 0 saturated heterocycles. The quantitative estimate of drug-likeness (QED) is 0.730. The molecule has 4 heteroatoms. The Morgan fingerprint density at radius 2 is 1.81 bits per heavy atom. The van der Waals surface area contributed by atoms with Gasteiger partial charge in [-0.2, -0.15) is 0 Å². The average Bonchev–Trinajstić information content (AvgIpc) is 2.44. The van der Waals surface area contributed by atoms with Crippen LogP contribution in [0.4, 0.5) is 4.39 Å². The molecule has 0 aromatic heterocycles. The molecule has 2 atom stereocenters. The van der Waals surface area contributed by atoms with Crippen molar-refractivity contribution in [3.63, 3.8) is 0 Å². The van der Waals surface area contributed by atoms with Crippen LogP contribution in [0.25, 0.3) is 0 Å². The van der Waals surface area contributed by atoms with Crippen LogP contribution in [-0.4, -0.2) is 6.04 Å². The molecule has 0 saturated carbocycles. The average molecular weight is 371 g/mol. The molecule has 112 valence electrons. The zero-order chi connectivity index (χ0) is 15.4. The molecule has 0 aliphatic heterocycles. The standard InChI is InChI=1S/C17H18BrClFN/c1-11(9-13-3-6-15(19)7-4-13)21-12(2)14-5-8-17(20)16(18)10-14/h3-8,10-12,21H,9H2,1-2H3. The number of hydrogen-bond acceptors (Lipinski definition) is 1. The van der Waals surface area contributed by atoms with Crippen molar-refractivity contribution in [2.75, 3.05) is 0 Å². The highest BCUT2D eigenvalue weighted by molar-refractivity contribution is 9.10. The summed E-state index contributed by atoms with van der Waals surface area (Å²) in [7, 11) is 0. The molecule has 0 heterocycles. The van der Waals surface area contributed by atoms with Gasteiger partial charge >= 0.3 is 0 Å². The summed E-state index contributed by atoms with van der Waals surface area (Å²) in [4.78, 5) is 0. The van der Waals surface area contributed by atoms with E-state index in [1.165, 1.54) is 11.6 Å². The van der Waals surface area contributed by atoms with Crippen LogP contribution < -0.4 is 5.32 Å². The first-order chi connectivity index (χ1) is 9.95. The van der Waals surface area contributed by atoms with Gasteiger partial charge in [0.2, 0.25) is 0 Å². The molecular formula is C17H18BrClFN. The Morgan fingerprint density at radius 3 is 2.43 bits per heavy atom. The van der Waals surface area contributed by atoms with Crippen molar-refractivity contribution in [1.82, 2.24) is 5.32 Å². The van der Waals surface area contributed by atoms with E-state index in [9.17, 15) is 4.39 Å². The number of rotatable bonds is 5. The Bertz CT molecular complexity index is 600. The molecule has 0 spiro atoms. The molecule has 21 heavy (non-hydrogen) atoms. The van der Waals surface area contributed by atoms with E-state index >= 15 is 0 Å². The third-order valence-corrected chi connectivity index (χ3v) is 4.29. The van der Waals surface area contributed by atoms with Crippen molar-refractivity contribution in [2.45, 2.75) is 32.4 Å². The molecule has 2 unspecified atom stereocenters. The van der Waals surface area contributed by atoms with Crippen molar-refractivity contribution in [1.29, 1.82) is 0 Å². The fourth-order valence-corrected chi connectivity index (χ4v) is 2.86. The van der Waals surface area contributed by atoms with Gasteiger partial charge in [0.25, 0.3) is 0 Å². The molecule has 0 aliphatic carbocycles. The summed E-state index contributed by atoms with van der Waals surface area (Å²) in [6.45, 7) is 4.22. The van der Waals surface area contributed by atoms with E-state index < -0.39 is 0 Å². The first kappa shape index (κ1) is 16.5. The summed E-state index contributed by atoms with van der Waals surface area (Å²) in [5.74, 6) is -0.236. The maximum Gasteiger partial charge on any atom is 0.137 e. The Labute approximate surface area is 138 Å². The normalized spacial score (nSPS) is 14.0. The fourth-order valence-electron chi connectivity index (χ4n) is 2.34. The highest BCUT2D eigenvalue weighted by atomic mass is 79.9. The van der Waals surface area contributed by atoms with E-state index in [-0.39, 0.29) is 11.9 Å². The van der Waals surface area contributed by atoms with E-state index in [0.29, 0.717) is 10.5 Å². The van der Waals surface area contributed by atoms with Gasteiger partial charge in [-0.1, -0.05) is 29.8 Å². The number of hydrogen-bond donors (Lipinski definition) is 1. The maximum atomic E-state index is 13.3. The molecule has 1 N–H and O–H groups in total. The van der Waals surface area contributed by atoms with Gasteiger partial charge in [0, 0.05) is 17.1 Å². The zero-order valence-electron chi connectivity index (χ0n) is 12.0. The van der Waals surface area contributed by atoms with Crippen molar-refractivity contribution in [3.8, 4) is 0 Å². The molecule has 0 bridgehead atoms. The Morgan fingerprint density at radius 1 is 1.14 bits per heavy atom. The van der Waals surface area contributed by atoms with Crippen LogP contribution >= 0.6 is 27.5 Å². The SMILES string of the molecule is CC(Cc1ccc(Cl)cc1)NC(C)c1ccc(F)c(Br)c1. The lowest BCUT2D eigenvalue weighted by Crippen LogP contribution is -2.30. The second-order valence-electron chi connectivity index (χ2n) is 5.29. The maximum absolute atomic E-state index is 13.3. The lowest BCUT2D eigenvalue weighted by molar-refractivity contribution is 0.476. The van der Waals surface area contributed by atoms with Crippen molar-refractivity contribution in [2.24, 2.45) is 0 Å². The van der Waals surface area contributed by atoms with E-state index in [4.69, 9.17) is 11.6 Å². The Hall–Kier alpha value is -0.900. The predicted octanol–water partition coefficient (Wildman–Crippen LogP) is 5.52. The summed E-state index contributed by atoms with van der Waals surface area (Å²) in [6, 6.07) is 13.5. The molecule has 0 fully saturated rings. The topological polar surface area (TPSA) is 12.0 Å². The highest BCUT2D eigenvalue weighted by Gasteiger charge is 2.11. The minimum Gasteiger partial charge on any atom is -0.307 e. The first-order valence-electron chi connectivity index (χ1n) is 6.91. The van der Waals surface area contributed by atoms with Crippen LogP contribution in [0.2, 0.25) is 5.02 Å². The molecule has 2 aromatic carbocycles. The predicted molar refractivity (Wildman–Crippen MR) is 90.3 cm³/mol. The van der Waals surface area contributed by atoms with E-state index in [1.54, 1.807) is 0 Å². The van der Waals surface area contributed by atoms with Gasteiger partial charge in [-0.25, -0.2) is 4.39 Å². The van der Waals surface area contributed by atoms with Gasteiger partial charge in [-0.15, -0.1) is 0 Å². The number of halogens is 3. The van der Waals surface area contributed by atoms with Crippen LogP contribution in [0.5, 0.6) is 0 Å². The second kappa shape index (κ2) is 7.39. The summed E-state index contributed by atoms with van der Waals surface area (Å²) in [5, 5.41) is 4.28. The Balaban J connectivity index is 1.96. The van der Waals surface area contributed by atoms with Crippen LogP contribution in [0, 0.1) is 5.82 Å². The third kappa shape index (κ3) is 4.80. The third-order valence-electron chi connectivity index (χ3n) is 3.43. The lowest BCUT2D eigenvalue weighted by atomic mass is 10.0. The molecule has 0 amide bonds. The van der Waals surface area contributed by atoms with E-state index in [0.717, 1.165) is 17.0 Å². The number of benzene rings is 2. The molecule has 2 aromatic rings. The van der Waals surface area contributed by atoms with Crippen LogP contribution in [0.3, 0.4) is 0 Å². The van der Waals surface area contributed by atoms with Gasteiger partial charge in [0.05, 0.1) is 4.47 Å². The smallest absolute Gasteiger partial charge is 0.137 e. The van der Waals surface area contributed by atoms with Gasteiger partial charge in [-0.3, -0.25) is 0 Å². The van der Waals surface area contributed by atoms with E-state index in [2.05, 4.69) is 35.1 Å². The minimum atomic E-state index is -0.236. The minimum absolute atomic E-state index is 0.157. The molecule has 2 rings (SSSR count). The van der Waals surface area contributed by atoms with Gasteiger partial charge in [-0.05, 0) is 71.6 Å². The van der Waals surface area contributed by atoms with Crippen LogP contribution in [-0.2, 0) is 6.42 Å². The van der Waals surface area contributed by atoms with Gasteiger partial charge in [0.1, 0.15) is 5.82 Å². The summed E-state index contributed by atoms with van der Waals surface area (Å²) >= 11 is 9.12. The number of nitrogens with one attached hydrogen (secondary N) is 1. The highest BCUT2D eigenvalue weighted by Crippen LogP contribution is 2.22. The van der Waals surface area contributed by atoms with Gasteiger partial charge < -0.3 is 5.32 Å². The summed E-state index contributed by atoms with van der Waals surface area (Å²) in [5.41, 5.74) is 2.30. The summed E-state index contributed by atoms with van der Waals surface area (Å²) in [6.07, 6.45) is 0.921.